The molecule has 2 aromatic rings. The summed E-state index contributed by atoms with van der Waals surface area (Å²) in [6, 6.07) is 8.56. The summed E-state index contributed by atoms with van der Waals surface area (Å²) in [5.74, 6) is 0. The number of fused-ring (bicyclic) bond motifs is 1. The first-order chi connectivity index (χ1) is 6.77. The zero-order chi connectivity index (χ0) is 9.97. The average Bonchev–Trinajstić information content (AvgIpc) is 2.58. The van der Waals surface area contributed by atoms with Crippen LogP contribution in [0.2, 0.25) is 0 Å². The molecule has 0 aliphatic carbocycles. The van der Waals surface area contributed by atoms with Gasteiger partial charge in [-0.25, -0.2) is 0 Å². The molecule has 1 aromatic heterocycles. The Bertz CT molecular complexity index is 417. The van der Waals surface area contributed by atoms with Crippen molar-refractivity contribution in [3.05, 3.63) is 35.2 Å². The molecule has 0 spiro atoms. The summed E-state index contributed by atoms with van der Waals surface area (Å²) in [5, 5.41) is 3.92. The maximum Gasteiger partial charge on any atom is 0.0345 e. The number of halogens is 1. The van der Waals surface area contributed by atoms with Crippen LogP contribution in [0, 0.1) is 0 Å². The molecule has 14 heavy (non-hydrogen) atoms. The summed E-state index contributed by atoms with van der Waals surface area (Å²) >= 11 is 7.77. The largest absolute Gasteiger partial charge is 0.144 e. The second-order valence-electron chi connectivity index (χ2n) is 3.58. The van der Waals surface area contributed by atoms with Crippen LogP contribution in [0.5, 0.6) is 0 Å². The molecule has 0 saturated heterocycles. The highest BCUT2D eigenvalue weighted by Gasteiger charge is 2.04. The molecule has 0 nitrogen and oxygen atoms in total. The minimum absolute atomic E-state index is 0.272. The maximum atomic E-state index is 5.95. The van der Waals surface area contributed by atoms with Crippen LogP contribution in [0.3, 0.4) is 0 Å². The molecule has 0 saturated carbocycles. The highest BCUT2D eigenvalue weighted by molar-refractivity contribution is 7.17. The second-order valence-corrected chi connectivity index (χ2v) is 5.23. The van der Waals surface area contributed by atoms with Crippen molar-refractivity contribution in [3.8, 4) is 0 Å². The third kappa shape index (κ3) is 2.10. The molecule has 0 amide bonds. The third-order valence-electron chi connectivity index (χ3n) is 2.37. The number of rotatable bonds is 3. The lowest BCUT2D eigenvalue weighted by molar-refractivity contribution is 0.809. The Labute approximate surface area is 93.5 Å². The van der Waals surface area contributed by atoms with E-state index < -0.39 is 0 Å². The van der Waals surface area contributed by atoms with E-state index in [9.17, 15) is 0 Å². The van der Waals surface area contributed by atoms with Gasteiger partial charge in [-0.15, -0.1) is 22.9 Å². The predicted molar refractivity (Wildman–Crippen MR) is 65.5 cm³/mol. The van der Waals surface area contributed by atoms with Crippen LogP contribution in [0.15, 0.2) is 29.6 Å². The molecule has 2 rings (SSSR count). The van der Waals surface area contributed by atoms with Gasteiger partial charge >= 0.3 is 0 Å². The van der Waals surface area contributed by atoms with E-state index in [2.05, 4.69) is 36.6 Å². The SMILES string of the molecule is CC(Cl)CCc1csc2ccccc12. The van der Waals surface area contributed by atoms with E-state index in [1.54, 1.807) is 0 Å². The molecule has 0 fully saturated rings. The van der Waals surface area contributed by atoms with Crippen molar-refractivity contribution in [1.29, 1.82) is 0 Å². The Kier molecular flexibility index (Phi) is 3.09. The van der Waals surface area contributed by atoms with Crippen LogP contribution >= 0.6 is 22.9 Å². The molecule has 1 aromatic carbocycles. The summed E-state index contributed by atoms with van der Waals surface area (Å²) < 4.78 is 1.38. The van der Waals surface area contributed by atoms with Crippen LogP contribution in [-0.2, 0) is 6.42 Å². The van der Waals surface area contributed by atoms with Crippen LogP contribution in [0.4, 0.5) is 0 Å². The molecule has 0 radical (unpaired) electrons. The zero-order valence-electron chi connectivity index (χ0n) is 8.16. The molecule has 0 N–H and O–H groups in total. The van der Waals surface area contributed by atoms with Gasteiger partial charge in [0.2, 0.25) is 0 Å². The number of thiophene rings is 1. The molecule has 0 bridgehead atoms. The predicted octanol–water partition coefficient (Wildman–Crippen LogP) is 4.46. The Morgan fingerprint density at radius 3 is 2.93 bits per heavy atom. The van der Waals surface area contributed by atoms with Crippen molar-refractivity contribution in [2.75, 3.05) is 0 Å². The van der Waals surface area contributed by atoms with E-state index in [4.69, 9.17) is 11.6 Å². The summed E-state index contributed by atoms with van der Waals surface area (Å²) in [7, 11) is 0. The molecule has 1 heterocycles. The van der Waals surface area contributed by atoms with E-state index >= 15 is 0 Å². The molecular formula is C12H13ClS. The highest BCUT2D eigenvalue weighted by atomic mass is 35.5. The maximum absolute atomic E-state index is 5.95. The van der Waals surface area contributed by atoms with E-state index in [0.717, 1.165) is 12.8 Å². The van der Waals surface area contributed by atoms with Gasteiger partial charge in [0.25, 0.3) is 0 Å². The van der Waals surface area contributed by atoms with Crippen molar-refractivity contribution in [2.45, 2.75) is 25.1 Å². The first-order valence-electron chi connectivity index (χ1n) is 4.86. The molecular weight excluding hydrogens is 212 g/mol. The second kappa shape index (κ2) is 4.33. The fourth-order valence-corrected chi connectivity index (χ4v) is 2.69. The average molecular weight is 225 g/mol. The van der Waals surface area contributed by atoms with Gasteiger partial charge in [0, 0.05) is 10.1 Å². The van der Waals surface area contributed by atoms with Crippen molar-refractivity contribution in [2.24, 2.45) is 0 Å². The van der Waals surface area contributed by atoms with Crippen molar-refractivity contribution < 1.29 is 0 Å². The normalized spacial score (nSPS) is 13.3. The molecule has 1 atom stereocenters. The van der Waals surface area contributed by atoms with Crippen molar-refractivity contribution in [1.82, 2.24) is 0 Å². The van der Waals surface area contributed by atoms with Gasteiger partial charge in [0.1, 0.15) is 0 Å². The van der Waals surface area contributed by atoms with E-state index in [0.29, 0.717) is 0 Å². The number of hydrogen-bond donors (Lipinski definition) is 0. The number of benzene rings is 1. The summed E-state index contributed by atoms with van der Waals surface area (Å²) in [5.41, 5.74) is 1.44. The Morgan fingerprint density at radius 1 is 1.36 bits per heavy atom. The lowest BCUT2D eigenvalue weighted by Crippen LogP contribution is -1.93. The molecule has 0 aliphatic rings. The van der Waals surface area contributed by atoms with Crippen LogP contribution in [-0.4, -0.2) is 5.38 Å². The van der Waals surface area contributed by atoms with Gasteiger partial charge in [0.15, 0.2) is 0 Å². The minimum Gasteiger partial charge on any atom is -0.144 e. The lowest BCUT2D eigenvalue weighted by Gasteiger charge is -2.01. The quantitative estimate of drug-likeness (QED) is 0.676. The van der Waals surface area contributed by atoms with Crippen molar-refractivity contribution >= 4 is 33.0 Å². The molecule has 1 unspecified atom stereocenters. The smallest absolute Gasteiger partial charge is 0.0345 e. The third-order valence-corrected chi connectivity index (χ3v) is 3.60. The fourth-order valence-electron chi connectivity index (χ4n) is 1.58. The molecule has 0 aliphatic heterocycles. The first-order valence-corrected chi connectivity index (χ1v) is 6.18. The number of aryl methyl sites for hydroxylation is 1. The monoisotopic (exact) mass is 224 g/mol. The van der Waals surface area contributed by atoms with Gasteiger partial charge in [-0.3, -0.25) is 0 Å². The van der Waals surface area contributed by atoms with Gasteiger partial charge in [-0.1, -0.05) is 18.2 Å². The Balaban J connectivity index is 2.25. The fraction of sp³-hybridized carbons (Fsp3) is 0.333. The zero-order valence-corrected chi connectivity index (χ0v) is 9.74. The molecule has 2 heteroatoms. The van der Waals surface area contributed by atoms with Crippen molar-refractivity contribution in [3.63, 3.8) is 0 Å². The van der Waals surface area contributed by atoms with Gasteiger partial charge in [-0.2, -0.15) is 0 Å². The number of alkyl halides is 1. The highest BCUT2D eigenvalue weighted by Crippen LogP contribution is 2.27. The topological polar surface area (TPSA) is 0 Å². The summed E-state index contributed by atoms with van der Waals surface area (Å²) in [6.07, 6.45) is 2.15. The molecule has 74 valence electrons. The summed E-state index contributed by atoms with van der Waals surface area (Å²) in [4.78, 5) is 0. The van der Waals surface area contributed by atoms with E-state index in [-0.39, 0.29) is 5.38 Å². The van der Waals surface area contributed by atoms with Crippen LogP contribution in [0.1, 0.15) is 18.9 Å². The van der Waals surface area contributed by atoms with Crippen LogP contribution in [0.25, 0.3) is 10.1 Å². The first kappa shape index (κ1) is 10.0. The van der Waals surface area contributed by atoms with Crippen LogP contribution < -0.4 is 0 Å². The Morgan fingerprint density at radius 2 is 2.14 bits per heavy atom. The van der Waals surface area contributed by atoms with E-state index in [1.165, 1.54) is 15.6 Å². The van der Waals surface area contributed by atoms with Gasteiger partial charge in [0.05, 0.1) is 0 Å². The Hall–Kier alpha value is -0.530. The summed E-state index contributed by atoms with van der Waals surface area (Å²) in [6.45, 7) is 2.05. The number of hydrogen-bond acceptors (Lipinski definition) is 1. The lowest BCUT2D eigenvalue weighted by atomic mass is 10.1. The van der Waals surface area contributed by atoms with Gasteiger partial charge in [-0.05, 0) is 42.2 Å². The minimum atomic E-state index is 0.272. The standard InChI is InChI=1S/C12H13ClS/c1-9(13)6-7-10-8-14-12-5-3-2-4-11(10)12/h2-5,8-9H,6-7H2,1H3. The van der Waals surface area contributed by atoms with Gasteiger partial charge < -0.3 is 0 Å². The van der Waals surface area contributed by atoms with E-state index in [1.807, 2.05) is 11.3 Å².